The van der Waals surface area contributed by atoms with E-state index in [9.17, 15) is 13.9 Å². The smallest absolute Gasteiger partial charge is 0.183 e. The van der Waals surface area contributed by atoms with E-state index in [0.717, 1.165) is 25.9 Å². The van der Waals surface area contributed by atoms with Gasteiger partial charge in [-0.3, -0.25) is 5.01 Å². The molecule has 0 radical (unpaired) electrons. The number of hydrogen-bond acceptors (Lipinski definition) is 5. The molecule has 2 saturated heterocycles. The number of aliphatic hydroxyl groups is 1. The zero-order valence-corrected chi connectivity index (χ0v) is 14.7. The summed E-state index contributed by atoms with van der Waals surface area (Å²) in [6, 6.07) is 1.48. The Bertz CT molecular complexity index is 638. The maximum atomic E-state index is 14.8. The van der Waals surface area contributed by atoms with Crippen molar-refractivity contribution in [2.45, 2.75) is 45.5 Å². The van der Waals surface area contributed by atoms with Crippen LogP contribution >= 0.6 is 0 Å². The Morgan fingerprint density at radius 1 is 1.20 bits per heavy atom. The molecule has 2 aliphatic heterocycles. The van der Waals surface area contributed by atoms with Gasteiger partial charge in [-0.1, -0.05) is 0 Å². The largest absolute Gasteiger partial charge is 0.392 e. The van der Waals surface area contributed by atoms with Crippen molar-refractivity contribution in [3.05, 3.63) is 28.8 Å². The van der Waals surface area contributed by atoms with Gasteiger partial charge in [-0.05, 0) is 32.8 Å². The van der Waals surface area contributed by atoms with E-state index < -0.39 is 11.6 Å². The van der Waals surface area contributed by atoms with Gasteiger partial charge in [-0.25, -0.2) is 8.78 Å². The van der Waals surface area contributed by atoms with E-state index in [1.807, 2.05) is 18.9 Å². The highest BCUT2D eigenvalue weighted by atomic mass is 19.2. The first-order chi connectivity index (χ1) is 12.0. The molecule has 138 valence electrons. The zero-order valence-electron chi connectivity index (χ0n) is 14.7. The van der Waals surface area contributed by atoms with Crippen LogP contribution in [0, 0.1) is 11.6 Å². The van der Waals surface area contributed by atoms with Crippen LogP contribution in [0.1, 0.15) is 37.8 Å². The highest BCUT2D eigenvalue weighted by Gasteiger charge is 2.28. The third kappa shape index (κ3) is 3.93. The Labute approximate surface area is 146 Å². The van der Waals surface area contributed by atoms with Crippen molar-refractivity contribution in [1.29, 1.82) is 0 Å². The average Bonchev–Trinajstić information content (AvgIpc) is 3.08. The van der Waals surface area contributed by atoms with Crippen LogP contribution in [0.3, 0.4) is 0 Å². The molecule has 0 unspecified atom stereocenters. The lowest BCUT2D eigenvalue weighted by atomic mass is 10.1. The van der Waals surface area contributed by atoms with Crippen LogP contribution in [0.5, 0.6) is 0 Å². The minimum absolute atomic E-state index is 0.0616. The molecule has 0 amide bonds. The van der Waals surface area contributed by atoms with Gasteiger partial charge in [-0.15, -0.1) is 0 Å². The molecule has 2 heterocycles. The topological polar surface area (TPSA) is 48.3 Å². The van der Waals surface area contributed by atoms with Crippen LogP contribution in [0.15, 0.2) is 11.2 Å². The first kappa shape index (κ1) is 18.1. The van der Waals surface area contributed by atoms with Crippen LogP contribution in [0.2, 0.25) is 0 Å². The van der Waals surface area contributed by atoms with E-state index >= 15 is 0 Å². The lowest BCUT2D eigenvalue weighted by Gasteiger charge is -2.38. The highest BCUT2D eigenvalue weighted by Crippen LogP contribution is 2.31. The molecule has 1 N–H and O–H groups in total. The second kappa shape index (κ2) is 7.66. The Kier molecular flexibility index (Phi) is 5.54. The number of nitrogens with zero attached hydrogens (tertiary/aromatic N) is 3. The van der Waals surface area contributed by atoms with Gasteiger partial charge in [0, 0.05) is 37.3 Å². The number of ether oxygens (including phenoxy) is 1. The van der Waals surface area contributed by atoms with Crippen LogP contribution < -0.4 is 4.90 Å². The molecule has 2 fully saturated rings. The molecule has 7 heteroatoms. The number of hydrogen-bond donors (Lipinski definition) is 1. The zero-order chi connectivity index (χ0) is 18.0. The van der Waals surface area contributed by atoms with Gasteiger partial charge >= 0.3 is 0 Å². The van der Waals surface area contributed by atoms with Crippen molar-refractivity contribution >= 4 is 11.9 Å². The van der Waals surface area contributed by atoms with E-state index in [4.69, 9.17) is 4.74 Å². The quantitative estimate of drug-likeness (QED) is 0.845. The Morgan fingerprint density at radius 3 is 2.44 bits per heavy atom. The second-order valence-corrected chi connectivity index (χ2v) is 6.83. The summed E-state index contributed by atoms with van der Waals surface area (Å²) in [4.78, 5) is 1.75. The van der Waals surface area contributed by atoms with Gasteiger partial charge in [-0.2, -0.15) is 5.10 Å². The Hall–Kier alpha value is -1.73. The molecule has 0 spiro atoms. The molecule has 0 saturated carbocycles. The molecule has 1 aromatic rings. The number of aliphatic hydroxyl groups excluding tert-OH is 1. The van der Waals surface area contributed by atoms with Gasteiger partial charge < -0.3 is 14.7 Å². The standard InChI is InChI=1S/C18H25F2N3O2/c1-12-9-22(10-13(2)25-12)18-15(11-24)7-14(16(19)17(18)20)8-21-23-5-3-4-6-23/h7-8,12-13,24H,3-6,9-11H2,1-2H3/b21-8-/t12-,13+. The Balaban J connectivity index is 1.92. The summed E-state index contributed by atoms with van der Waals surface area (Å²) in [5.41, 5.74) is 0.551. The first-order valence-electron chi connectivity index (χ1n) is 8.80. The summed E-state index contributed by atoms with van der Waals surface area (Å²) in [6.45, 7) is 5.99. The highest BCUT2D eigenvalue weighted by molar-refractivity contribution is 5.82. The number of benzene rings is 1. The number of halogens is 2. The van der Waals surface area contributed by atoms with Gasteiger partial charge in [0.1, 0.15) is 0 Å². The lowest BCUT2D eigenvalue weighted by molar-refractivity contribution is -0.00554. The van der Waals surface area contributed by atoms with E-state index in [-0.39, 0.29) is 30.1 Å². The van der Waals surface area contributed by atoms with E-state index in [1.54, 1.807) is 4.90 Å². The summed E-state index contributed by atoms with van der Waals surface area (Å²) in [6.07, 6.45) is 3.28. The van der Waals surface area contributed by atoms with E-state index in [1.165, 1.54) is 12.3 Å². The minimum atomic E-state index is -0.935. The fourth-order valence-corrected chi connectivity index (χ4v) is 3.57. The molecular weight excluding hydrogens is 328 g/mol. The van der Waals surface area contributed by atoms with Crippen molar-refractivity contribution in [1.82, 2.24) is 5.01 Å². The van der Waals surface area contributed by atoms with Crippen LogP contribution in [0.25, 0.3) is 0 Å². The molecule has 0 aliphatic carbocycles. The fraction of sp³-hybridized carbons (Fsp3) is 0.611. The Morgan fingerprint density at radius 2 is 1.84 bits per heavy atom. The number of hydrazone groups is 1. The molecule has 2 atom stereocenters. The third-order valence-corrected chi connectivity index (χ3v) is 4.64. The molecule has 2 aliphatic rings. The van der Waals surface area contributed by atoms with E-state index in [0.29, 0.717) is 18.7 Å². The van der Waals surface area contributed by atoms with Crippen molar-refractivity contribution in [2.24, 2.45) is 5.10 Å². The van der Waals surface area contributed by atoms with Crippen LogP contribution in [-0.4, -0.2) is 54.7 Å². The number of morpholine rings is 1. The van der Waals surface area contributed by atoms with Gasteiger partial charge in [0.25, 0.3) is 0 Å². The summed E-state index contributed by atoms with van der Waals surface area (Å²) in [7, 11) is 0. The third-order valence-electron chi connectivity index (χ3n) is 4.64. The normalized spacial score (nSPS) is 24.5. The maximum Gasteiger partial charge on any atom is 0.183 e. The summed E-state index contributed by atoms with van der Waals surface area (Å²) in [5.74, 6) is -1.86. The number of anilines is 1. The van der Waals surface area contributed by atoms with Crippen molar-refractivity contribution in [3.8, 4) is 0 Å². The van der Waals surface area contributed by atoms with Gasteiger partial charge in [0.2, 0.25) is 0 Å². The maximum absolute atomic E-state index is 14.8. The molecule has 25 heavy (non-hydrogen) atoms. The molecule has 0 bridgehead atoms. The average molecular weight is 353 g/mol. The van der Waals surface area contributed by atoms with Gasteiger partial charge in [0.05, 0.1) is 30.7 Å². The van der Waals surface area contributed by atoms with Gasteiger partial charge in [0.15, 0.2) is 11.6 Å². The van der Waals surface area contributed by atoms with Crippen LogP contribution in [-0.2, 0) is 11.3 Å². The monoisotopic (exact) mass is 353 g/mol. The van der Waals surface area contributed by atoms with Crippen molar-refractivity contribution in [2.75, 3.05) is 31.1 Å². The summed E-state index contributed by atoms with van der Waals surface area (Å²) < 4.78 is 35.0. The lowest BCUT2D eigenvalue weighted by Crippen LogP contribution is -2.46. The predicted octanol–water partition coefficient (Wildman–Crippen LogP) is 2.50. The molecule has 1 aromatic carbocycles. The molecule has 0 aromatic heterocycles. The summed E-state index contributed by atoms with van der Waals surface area (Å²) >= 11 is 0. The van der Waals surface area contributed by atoms with Crippen molar-refractivity contribution < 1.29 is 18.6 Å². The van der Waals surface area contributed by atoms with Crippen molar-refractivity contribution in [3.63, 3.8) is 0 Å². The number of rotatable bonds is 4. The van der Waals surface area contributed by atoms with Crippen LogP contribution in [0.4, 0.5) is 14.5 Å². The fourth-order valence-electron chi connectivity index (χ4n) is 3.57. The summed E-state index contributed by atoms with van der Waals surface area (Å²) in [5, 5.41) is 15.8. The second-order valence-electron chi connectivity index (χ2n) is 6.83. The molecule has 5 nitrogen and oxygen atoms in total. The predicted molar refractivity (Wildman–Crippen MR) is 92.9 cm³/mol. The molecule has 3 rings (SSSR count). The minimum Gasteiger partial charge on any atom is -0.392 e. The van der Waals surface area contributed by atoms with E-state index in [2.05, 4.69) is 5.10 Å². The first-order valence-corrected chi connectivity index (χ1v) is 8.80. The molecular formula is C18H25F2N3O2. The SMILES string of the molecule is C[C@@H]1CN(c2c(CO)cc(/C=N\N3CCCC3)c(F)c2F)C[C@H](C)O1.